The summed E-state index contributed by atoms with van der Waals surface area (Å²) in [5.41, 5.74) is 10.8. The molecule has 2 aromatic heterocycles. The van der Waals surface area contributed by atoms with Crippen molar-refractivity contribution in [3.8, 4) is 0 Å². The molecule has 0 amide bonds. The number of hydrogen-bond donors (Lipinski definition) is 1. The smallest absolute Gasteiger partial charge is 0.0544 e. The minimum absolute atomic E-state index is 0.779. The Kier molecular flexibility index (Phi) is 7.43. The van der Waals surface area contributed by atoms with E-state index in [0.29, 0.717) is 0 Å². The molecule has 0 saturated carbocycles. The van der Waals surface area contributed by atoms with Gasteiger partial charge in [0.05, 0.1) is 5.69 Å². The molecule has 0 spiro atoms. The number of para-hydroxylation sites is 1. The monoisotopic (exact) mass is 522 g/mol. The Morgan fingerprint density at radius 3 is 1.82 bits per heavy atom. The number of hydrogen-bond acceptors (Lipinski definition) is 3. The maximum atomic E-state index is 4.61. The molecule has 0 saturated heterocycles. The first-order valence-electron chi connectivity index (χ1n) is 13.8. The molecule has 4 nitrogen and oxygen atoms in total. The lowest BCUT2D eigenvalue weighted by molar-refractivity contribution is 0.245. The number of H-pyrrole nitrogens is 1. The summed E-state index contributed by atoms with van der Waals surface area (Å²) in [6.45, 7) is 6.69. The zero-order valence-electron chi connectivity index (χ0n) is 23.1. The third-order valence-corrected chi connectivity index (χ3v) is 7.37. The molecule has 0 fully saturated rings. The van der Waals surface area contributed by atoms with Gasteiger partial charge in [-0.15, -0.1) is 0 Å². The van der Waals surface area contributed by atoms with Crippen LogP contribution in [0.1, 0.15) is 27.9 Å². The van der Waals surface area contributed by atoms with Gasteiger partial charge >= 0.3 is 0 Å². The number of rotatable bonds is 9. The molecular weight excluding hydrogens is 488 g/mol. The van der Waals surface area contributed by atoms with Crippen molar-refractivity contribution in [1.29, 1.82) is 0 Å². The molecule has 1 N–H and O–H groups in total. The van der Waals surface area contributed by atoms with Crippen molar-refractivity contribution in [2.75, 3.05) is 4.90 Å². The number of benzene rings is 4. The molecule has 40 heavy (non-hydrogen) atoms. The maximum absolute atomic E-state index is 4.61. The molecule has 6 aromatic rings. The zero-order valence-corrected chi connectivity index (χ0v) is 23.1. The Morgan fingerprint density at radius 1 is 0.600 bits per heavy atom. The first-order valence-corrected chi connectivity index (χ1v) is 13.8. The fourth-order valence-corrected chi connectivity index (χ4v) is 5.24. The molecule has 0 aliphatic heterocycles. The highest BCUT2D eigenvalue weighted by Crippen LogP contribution is 2.35. The van der Waals surface area contributed by atoms with Gasteiger partial charge in [0.15, 0.2) is 0 Å². The fraction of sp³-hybridized carbons (Fsp3) is 0.139. The highest BCUT2D eigenvalue weighted by molar-refractivity contribution is 5.83. The topological polar surface area (TPSA) is 35.2 Å². The van der Waals surface area contributed by atoms with E-state index in [4.69, 9.17) is 0 Å². The summed E-state index contributed by atoms with van der Waals surface area (Å²) in [5.74, 6) is 0. The van der Waals surface area contributed by atoms with Crippen molar-refractivity contribution in [2.45, 2.75) is 33.5 Å². The average Bonchev–Trinajstić information content (AvgIpc) is 3.39. The molecular formula is C36H34N4. The molecule has 0 atom stereocenters. The van der Waals surface area contributed by atoms with E-state index in [1.165, 1.54) is 33.2 Å². The summed E-state index contributed by atoms with van der Waals surface area (Å²) < 4.78 is 0. The maximum Gasteiger partial charge on any atom is 0.0544 e. The zero-order chi connectivity index (χ0) is 27.3. The van der Waals surface area contributed by atoms with E-state index in [1.807, 2.05) is 12.3 Å². The van der Waals surface area contributed by atoms with Gasteiger partial charge in [-0.2, -0.15) is 0 Å². The molecule has 198 valence electrons. The van der Waals surface area contributed by atoms with E-state index < -0.39 is 0 Å². The lowest BCUT2D eigenvalue weighted by atomic mass is 10.1. The quantitative estimate of drug-likeness (QED) is 0.206. The number of anilines is 3. The minimum atomic E-state index is 0.779. The second-order valence-electron chi connectivity index (χ2n) is 10.5. The van der Waals surface area contributed by atoms with Gasteiger partial charge in [-0.1, -0.05) is 71.8 Å². The number of nitrogens with one attached hydrogen (secondary N) is 1. The van der Waals surface area contributed by atoms with Crippen LogP contribution in [-0.4, -0.2) is 14.9 Å². The Labute approximate surface area is 236 Å². The van der Waals surface area contributed by atoms with E-state index in [1.54, 1.807) is 0 Å². The van der Waals surface area contributed by atoms with Gasteiger partial charge in [-0.05, 0) is 79.6 Å². The fourth-order valence-electron chi connectivity index (χ4n) is 5.24. The van der Waals surface area contributed by atoms with Crippen LogP contribution in [-0.2, 0) is 19.6 Å². The standard InChI is InChI=1S/C36H34N4/c1-27-10-16-32(17-11-27)40(33-18-12-28(2)13-19-33)34-20-14-29(15-21-34)24-39(26-31-7-5-6-22-37-31)25-30-23-38-36-9-4-3-8-35(30)36/h3-23,38H,24-26H2,1-2H3. The van der Waals surface area contributed by atoms with Crippen LogP contribution in [0, 0.1) is 13.8 Å². The molecule has 0 bridgehead atoms. The van der Waals surface area contributed by atoms with Gasteiger partial charge in [0.1, 0.15) is 0 Å². The van der Waals surface area contributed by atoms with E-state index in [0.717, 1.165) is 42.4 Å². The van der Waals surface area contributed by atoms with Gasteiger partial charge in [-0.3, -0.25) is 9.88 Å². The van der Waals surface area contributed by atoms with Crippen LogP contribution in [0.25, 0.3) is 10.9 Å². The molecule has 4 aromatic carbocycles. The number of aryl methyl sites for hydroxylation is 2. The van der Waals surface area contributed by atoms with Crippen LogP contribution in [0.15, 0.2) is 128 Å². The Morgan fingerprint density at radius 2 is 1.20 bits per heavy atom. The largest absolute Gasteiger partial charge is 0.361 e. The highest BCUT2D eigenvalue weighted by Gasteiger charge is 2.15. The second-order valence-corrected chi connectivity index (χ2v) is 10.5. The molecule has 6 rings (SSSR count). The van der Waals surface area contributed by atoms with Crippen LogP contribution in [0.4, 0.5) is 17.1 Å². The Hall–Kier alpha value is -4.67. The van der Waals surface area contributed by atoms with Crippen molar-refractivity contribution < 1.29 is 0 Å². The third-order valence-electron chi connectivity index (χ3n) is 7.37. The Balaban J connectivity index is 1.28. The molecule has 0 aliphatic rings. The average molecular weight is 523 g/mol. The van der Waals surface area contributed by atoms with E-state index in [-0.39, 0.29) is 0 Å². The summed E-state index contributed by atoms with van der Waals surface area (Å²) in [6.07, 6.45) is 4.01. The lowest BCUT2D eigenvalue weighted by Gasteiger charge is -2.26. The number of pyridine rings is 1. The number of nitrogens with zero attached hydrogens (tertiary/aromatic N) is 3. The predicted molar refractivity (Wildman–Crippen MR) is 166 cm³/mol. The number of aromatic amines is 1. The normalized spacial score (nSPS) is 11.3. The Bertz CT molecular complexity index is 1620. The minimum Gasteiger partial charge on any atom is -0.361 e. The van der Waals surface area contributed by atoms with E-state index >= 15 is 0 Å². The van der Waals surface area contributed by atoms with E-state index in [9.17, 15) is 0 Å². The molecule has 0 unspecified atom stereocenters. The highest BCUT2D eigenvalue weighted by atomic mass is 15.1. The van der Waals surface area contributed by atoms with Crippen LogP contribution in [0.3, 0.4) is 0 Å². The summed E-state index contributed by atoms with van der Waals surface area (Å²) in [4.78, 5) is 12.8. The molecule has 4 heteroatoms. The summed E-state index contributed by atoms with van der Waals surface area (Å²) in [6, 6.07) is 41.1. The SMILES string of the molecule is Cc1ccc(N(c2ccc(C)cc2)c2ccc(CN(Cc3ccccn3)Cc3c[nH]c4ccccc34)cc2)cc1. The number of aromatic nitrogens is 2. The van der Waals surface area contributed by atoms with Crippen LogP contribution in [0.5, 0.6) is 0 Å². The second kappa shape index (κ2) is 11.6. The molecule has 0 radical (unpaired) electrons. The summed E-state index contributed by atoms with van der Waals surface area (Å²) in [7, 11) is 0. The summed E-state index contributed by atoms with van der Waals surface area (Å²) >= 11 is 0. The third kappa shape index (κ3) is 5.83. The summed E-state index contributed by atoms with van der Waals surface area (Å²) in [5, 5.41) is 1.27. The van der Waals surface area contributed by atoms with Gasteiger partial charge < -0.3 is 9.88 Å². The van der Waals surface area contributed by atoms with Gasteiger partial charge in [0.2, 0.25) is 0 Å². The van der Waals surface area contributed by atoms with Gasteiger partial charge in [-0.25, -0.2) is 0 Å². The van der Waals surface area contributed by atoms with Crippen LogP contribution < -0.4 is 4.90 Å². The molecule has 2 heterocycles. The van der Waals surface area contributed by atoms with Crippen LogP contribution in [0.2, 0.25) is 0 Å². The van der Waals surface area contributed by atoms with Crippen molar-refractivity contribution >= 4 is 28.0 Å². The van der Waals surface area contributed by atoms with E-state index in [2.05, 4.69) is 149 Å². The van der Waals surface area contributed by atoms with Crippen LogP contribution >= 0.6 is 0 Å². The first kappa shape index (κ1) is 25.6. The predicted octanol–water partition coefficient (Wildman–Crippen LogP) is 8.85. The van der Waals surface area contributed by atoms with Crippen molar-refractivity contribution in [3.05, 3.63) is 156 Å². The first-order chi connectivity index (χ1) is 19.6. The van der Waals surface area contributed by atoms with Crippen molar-refractivity contribution in [1.82, 2.24) is 14.9 Å². The number of fused-ring (bicyclic) bond motifs is 1. The van der Waals surface area contributed by atoms with Crippen molar-refractivity contribution in [3.63, 3.8) is 0 Å². The lowest BCUT2D eigenvalue weighted by Crippen LogP contribution is -2.23. The van der Waals surface area contributed by atoms with Crippen molar-refractivity contribution in [2.24, 2.45) is 0 Å². The van der Waals surface area contributed by atoms with Gasteiger partial charge in [0, 0.05) is 60.0 Å². The molecule has 0 aliphatic carbocycles. The van der Waals surface area contributed by atoms with Gasteiger partial charge in [0.25, 0.3) is 0 Å².